The van der Waals surface area contributed by atoms with Gasteiger partial charge in [0, 0.05) is 22.5 Å². The van der Waals surface area contributed by atoms with Crippen LogP contribution in [-0.4, -0.2) is 26.4 Å². The number of nitrogens with zero attached hydrogens (tertiary/aromatic N) is 4. The smallest absolute Gasteiger partial charge is 0.235 e. The van der Waals surface area contributed by atoms with Crippen molar-refractivity contribution in [2.24, 2.45) is 11.3 Å². The van der Waals surface area contributed by atoms with Gasteiger partial charge in [0.05, 0.1) is 16.3 Å². The second-order valence-electron chi connectivity index (χ2n) is 10.1. The summed E-state index contributed by atoms with van der Waals surface area (Å²) in [5, 5.41) is 23.5. The minimum absolute atomic E-state index is 0.120. The van der Waals surface area contributed by atoms with Crippen molar-refractivity contribution in [2.75, 3.05) is 11.1 Å². The van der Waals surface area contributed by atoms with E-state index in [1.165, 1.54) is 16.6 Å². The molecule has 11 heteroatoms. The number of nitriles is 1. The number of rotatable bonds is 11. The lowest BCUT2D eigenvalue weighted by atomic mass is 9.69. The van der Waals surface area contributed by atoms with Crippen LogP contribution in [0.5, 0.6) is 5.75 Å². The molecule has 1 aliphatic carbocycles. The van der Waals surface area contributed by atoms with Crippen molar-refractivity contribution in [3.63, 3.8) is 0 Å². The van der Waals surface area contributed by atoms with Crippen LogP contribution in [0.4, 0.5) is 5.00 Å². The van der Waals surface area contributed by atoms with Crippen LogP contribution in [0, 0.1) is 22.7 Å². The quantitative estimate of drug-likeness (QED) is 0.179. The van der Waals surface area contributed by atoms with E-state index in [-0.39, 0.29) is 23.7 Å². The van der Waals surface area contributed by atoms with Gasteiger partial charge in [-0.3, -0.25) is 9.36 Å². The van der Waals surface area contributed by atoms with Crippen molar-refractivity contribution >= 4 is 57.2 Å². The highest BCUT2D eigenvalue weighted by atomic mass is 35.5. The number of nitrogens with one attached hydrogen (secondary N) is 1. The Bertz CT molecular complexity index is 1410. The number of amides is 1. The van der Waals surface area contributed by atoms with Crippen LogP contribution < -0.4 is 10.1 Å². The van der Waals surface area contributed by atoms with Crippen LogP contribution in [0.2, 0.25) is 10.0 Å². The van der Waals surface area contributed by atoms with Gasteiger partial charge in [0.2, 0.25) is 5.91 Å². The number of hydrogen-bond acceptors (Lipinski definition) is 7. The van der Waals surface area contributed by atoms with Gasteiger partial charge in [-0.05, 0) is 48.3 Å². The lowest BCUT2D eigenvalue weighted by Gasteiger charge is -2.36. The van der Waals surface area contributed by atoms with E-state index < -0.39 is 0 Å². The largest absolute Gasteiger partial charge is 0.484 e. The van der Waals surface area contributed by atoms with E-state index in [9.17, 15) is 10.1 Å². The number of halogens is 2. The highest BCUT2D eigenvalue weighted by molar-refractivity contribution is 7.99. The first-order chi connectivity index (χ1) is 18.7. The predicted octanol–water partition coefficient (Wildman–Crippen LogP) is 7.55. The monoisotopic (exact) mass is 603 g/mol. The van der Waals surface area contributed by atoms with E-state index in [4.69, 9.17) is 27.9 Å². The Hall–Kier alpha value is -2.51. The van der Waals surface area contributed by atoms with Crippen molar-refractivity contribution in [2.45, 2.75) is 64.8 Å². The first-order valence-electron chi connectivity index (χ1n) is 12.7. The van der Waals surface area contributed by atoms with Crippen molar-refractivity contribution in [1.29, 1.82) is 5.26 Å². The van der Waals surface area contributed by atoms with Crippen LogP contribution in [0.15, 0.2) is 36.0 Å². The van der Waals surface area contributed by atoms with Crippen molar-refractivity contribution in [3.05, 3.63) is 62.7 Å². The third-order valence-corrected chi connectivity index (χ3v) is 10.0. The molecule has 0 aliphatic heterocycles. The molecule has 1 aromatic carbocycles. The number of fused-ring (bicyclic) bond motifs is 1. The Kier molecular flexibility index (Phi) is 9.65. The van der Waals surface area contributed by atoms with Gasteiger partial charge in [0.1, 0.15) is 23.4 Å². The molecule has 206 valence electrons. The van der Waals surface area contributed by atoms with Crippen LogP contribution in [-0.2, 0) is 30.8 Å². The fourth-order valence-corrected chi connectivity index (χ4v) is 7.01. The molecule has 0 saturated heterocycles. The summed E-state index contributed by atoms with van der Waals surface area (Å²) in [4.78, 5) is 14.2. The standard InChI is InChI=1S/C28H31Cl2N5O2S2/c1-5-11-35-24(15-37-22-13-18(29)8-10-21(22)30)33-34-27(35)38-16-25(36)32-26-20(14-31)19-9-7-17(12-23(19)39-26)28(3,4)6-2/h5,8,10,13,17H,1,6-7,9,11-12,15-16H2,2-4H3,(H,32,36). The van der Waals surface area contributed by atoms with Crippen LogP contribution in [0.3, 0.4) is 0 Å². The molecule has 2 heterocycles. The van der Waals surface area contributed by atoms with E-state index in [1.807, 2.05) is 4.57 Å². The molecular weight excluding hydrogens is 573 g/mol. The summed E-state index contributed by atoms with van der Waals surface area (Å²) < 4.78 is 7.65. The highest BCUT2D eigenvalue weighted by Gasteiger charge is 2.34. The fourth-order valence-electron chi connectivity index (χ4n) is 4.62. The lowest BCUT2D eigenvalue weighted by molar-refractivity contribution is -0.113. The number of ether oxygens (including phenoxy) is 1. The number of carbonyl (C=O) groups is 1. The number of carbonyl (C=O) groups excluding carboxylic acids is 1. The summed E-state index contributed by atoms with van der Waals surface area (Å²) >= 11 is 15.1. The van der Waals surface area contributed by atoms with E-state index >= 15 is 0 Å². The zero-order valence-electron chi connectivity index (χ0n) is 22.2. The van der Waals surface area contributed by atoms with Crippen molar-refractivity contribution in [3.8, 4) is 11.8 Å². The second kappa shape index (κ2) is 12.8. The maximum Gasteiger partial charge on any atom is 0.235 e. The average molecular weight is 605 g/mol. The lowest BCUT2D eigenvalue weighted by Crippen LogP contribution is -2.28. The Morgan fingerprint density at radius 2 is 2.21 bits per heavy atom. The molecular formula is C28H31Cl2N5O2S2. The number of allylic oxidation sites excluding steroid dienone is 1. The maximum absolute atomic E-state index is 12.9. The molecule has 0 fully saturated rings. The minimum atomic E-state index is -0.197. The molecule has 1 amide bonds. The number of thioether (sulfide) groups is 1. The zero-order valence-corrected chi connectivity index (χ0v) is 25.4. The SMILES string of the molecule is C=CCn1c(COc2cc(Cl)ccc2Cl)nnc1SCC(=O)Nc1sc2c(c1C#N)CCC(C(C)(C)CC)C2. The first kappa shape index (κ1) is 29.5. The first-order valence-corrected chi connectivity index (χ1v) is 15.3. The van der Waals surface area contributed by atoms with Gasteiger partial charge >= 0.3 is 0 Å². The Balaban J connectivity index is 1.41. The van der Waals surface area contributed by atoms with Crippen molar-refractivity contribution in [1.82, 2.24) is 14.8 Å². The van der Waals surface area contributed by atoms with Crippen LogP contribution in [0.25, 0.3) is 0 Å². The molecule has 3 aromatic rings. The summed E-state index contributed by atoms with van der Waals surface area (Å²) in [5.41, 5.74) is 1.96. The van der Waals surface area contributed by atoms with Gasteiger partial charge in [0.15, 0.2) is 11.0 Å². The summed E-state index contributed by atoms with van der Waals surface area (Å²) in [6.07, 6.45) is 5.74. The highest BCUT2D eigenvalue weighted by Crippen LogP contribution is 2.45. The average Bonchev–Trinajstić information content (AvgIpc) is 3.47. The molecule has 0 radical (unpaired) electrons. The van der Waals surface area contributed by atoms with E-state index in [0.717, 1.165) is 31.2 Å². The number of benzene rings is 1. The molecule has 0 spiro atoms. The number of hydrogen-bond donors (Lipinski definition) is 1. The molecule has 2 aromatic heterocycles. The summed E-state index contributed by atoms with van der Waals surface area (Å²) in [6.45, 7) is 11.2. The summed E-state index contributed by atoms with van der Waals surface area (Å²) in [7, 11) is 0. The molecule has 39 heavy (non-hydrogen) atoms. The van der Waals surface area contributed by atoms with Gasteiger partial charge in [-0.15, -0.1) is 28.1 Å². The zero-order chi connectivity index (χ0) is 28.2. The fraction of sp³-hybridized carbons (Fsp3) is 0.429. The van der Waals surface area contributed by atoms with Crippen LogP contribution >= 0.6 is 46.3 Å². The van der Waals surface area contributed by atoms with E-state index in [2.05, 4.69) is 48.9 Å². The topological polar surface area (TPSA) is 92.8 Å². The molecule has 4 rings (SSSR count). The van der Waals surface area contributed by atoms with Gasteiger partial charge in [-0.2, -0.15) is 5.26 Å². The normalized spacial score (nSPS) is 14.9. The summed E-state index contributed by atoms with van der Waals surface area (Å²) in [6, 6.07) is 7.33. The molecule has 1 N–H and O–H groups in total. The third-order valence-electron chi connectivity index (χ3n) is 7.33. The number of aromatic nitrogens is 3. The maximum atomic E-state index is 12.9. The van der Waals surface area contributed by atoms with Gasteiger partial charge in [-0.25, -0.2) is 0 Å². The Labute approximate surface area is 247 Å². The predicted molar refractivity (Wildman–Crippen MR) is 159 cm³/mol. The Morgan fingerprint density at radius 1 is 1.41 bits per heavy atom. The second-order valence-corrected chi connectivity index (χ2v) is 13.0. The van der Waals surface area contributed by atoms with Crippen LogP contribution in [0.1, 0.15) is 55.4 Å². The summed E-state index contributed by atoms with van der Waals surface area (Å²) in [5.74, 6) is 1.51. The Morgan fingerprint density at radius 3 is 2.92 bits per heavy atom. The number of thiophene rings is 1. The molecule has 0 bridgehead atoms. The molecule has 7 nitrogen and oxygen atoms in total. The number of anilines is 1. The molecule has 1 unspecified atom stereocenters. The molecule has 1 aliphatic rings. The van der Waals surface area contributed by atoms with Crippen molar-refractivity contribution < 1.29 is 9.53 Å². The van der Waals surface area contributed by atoms with E-state index in [0.29, 0.717) is 49.8 Å². The van der Waals surface area contributed by atoms with Gasteiger partial charge in [0.25, 0.3) is 0 Å². The third kappa shape index (κ3) is 6.80. The molecule has 1 atom stereocenters. The van der Waals surface area contributed by atoms with E-state index in [1.54, 1.807) is 35.6 Å². The van der Waals surface area contributed by atoms with Gasteiger partial charge < -0.3 is 10.1 Å². The molecule has 0 saturated carbocycles. The van der Waals surface area contributed by atoms with Gasteiger partial charge in [-0.1, -0.05) is 68.2 Å². The minimum Gasteiger partial charge on any atom is -0.484 e.